The molecular formula is C28H38N6O3. The molecule has 0 bridgehead atoms. The standard InChI is InChI=1S/C28H38N6O3/c1-20(17-32(2)3)37-28-30-25-18-34(12-9-24(25)27(31-28)33-13-10-29-11-14-33)26-16-22(36-19-35-4)15-21-7-5-6-8-23(21)26/h5-8,15-16,20,29H,9-14,17-19H2,1-4H3/t20-/m0/s1. The summed E-state index contributed by atoms with van der Waals surface area (Å²) < 4.78 is 17.2. The van der Waals surface area contributed by atoms with Crippen molar-refractivity contribution < 1.29 is 14.2 Å². The Balaban J connectivity index is 1.50. The van der Waals surface area contributed by atoms with Crippen LogP contribution in [0, 0.1) is 0 Å². The molecule has 198 valence electrons. The minimum Gasteiger partial charge on any atom is -0.467 e. The Morgan fingerprint density at radius 1 is 1.05 bits per heavy atom. The second-order valence-corrected chi connectivity index (χ2v) is 10.1. The van der Waals surface area contributed by atoms with Crippen LogP contribution in [0.3, 0.4) is 0 Å². The molecular weight excluding hydrogens is 468 g/mol. The van der Waals surface area contributed by atoms with Crippen LogP contribution in [-0.2, 0) is 17.7 Å². The molecule has 0 radical (unpaired) electrons. The predicted octanol–water partition coefficient (Wildman–Crippen LogP) is 2.91. The third kappa shape index (κ3) is 5.89. The molecule has 0 amide bonds. The van der Waals surface area contributed by atoms with E-state index in [9.17, 15) is 0 Å². The molecule has 0 saturated carbocycles. The first-order chi connectivity index (χ1) is 18.0. The van der Waals surface area contributed by atoms with Gasteiger partial charge in [-0.2, -0.15) is 9.97 Å². The zero-order valence-electron chi connectivity index (χ0n) is 22.4. The summed E-state index contributed by atoms with van der Waals surface area (Å²) in [5.41, 5.74) is 3.41. The fraction of sp³-hybridized carbons (Fsp3) is 0.500. The molecule has 9 nitrogen and oxygen atoms in total. The van der Waals surface area contributed by atoms with E-state index in [1.807, 2.05) is 14.1 Å². The minimum atomic E-state index is -0.0119. The molecule has 1 atom stereocenters. The van der Waals surface area contributed by atoms with Crippen molar-refractivity contribution >= 4 is 22.3 Å². The number of ether oxygens (including phenoxy) is 3. The largest absolute Gasteiger partial charge is 0.467 e. The molecule has 5 rings (SSSR count). The number of nitrogens with one attached hydrogen (secondary N) is 1. The molecule has 3 heterocycles. The molecule has 0 unspecified atom stereocenters. The van der Waals surface area contributed by atoms with Gasteiger partial charge in [-0.25, -0.2) is 0 Å². The van der Waals surface area contributed by atoms with Crippen molar-refractivity contribution in [3.05, 3.63) is 47.7 Å². The van der Waals surface area contributed by atoms with Crippen molar-refractivity contribution in [2.24, 2.45) is 0 Å². The van der Waals surface area contributed by atoms with Crippen molar-refractivity contribution in [2.75, 3.05) is 77.1 Å². The van der Waals surface area contributed by atoms with Crippen LogP contribution < -0.4 is 24.6 Å². The molecule has 2 aliphatic rings. The van der Waals surface area contributed by atoms with Gasteiger partial charge in [0, 0.05) is 69.1 Å². The summed E-state index contributed by atoms with van der Waals surface area (Å²) in [6.45, 7) is 8.43. The average Bonchev–Trinajstić information content (AvgIpc) is 2.90. The van der Waals surface area contributed by atoms with Crippen LogP contribution in [-0.4, -0.2) is 88.2 Å². The van der Waals surface area contributed by atoms with E-state index in [1.165, 1.54) is 10.9 Å². The topological polar surface area (TPSA) is 75.2 Å². The van der Waals surface area contributed by atoms with Gasteiger partial charge in [-0.15, -0.1) is 0 Å². The molecule has 2 aliphatic heterocycles. The van der Waals surface area contributed by atoms with E-state index >= 15 is 0 Å². The number of hydrogen-bond donors (Lipinski definition) is 1. The SMILES string of the molecule is COCOc1cc(N2CCc3c(nc(O[C@@H](C)CN(C)C)nc3N3CCNCC3)C2)c2ccccc2c1. The van der Waals surface area contributed by atoms with Gasteiger partial charge in [0.05, 0.1) is 12.2 Å². The van der Waals surface area contributed by atoms with E-state index in [2.05, 4.69) is 63.3 Å². The zero-order valence-corrected chi connectivity index (χ0v) is 22.4. The van der Waals surface area contributed by atoms with Gasteiger partial charge in [-0.1, -0.05) is 24.3 Å². The lowest BCUT2D eigenvalue weighted by Crippen LogP contribution is -2.45. The highest BCUT2D eigenvalue weighted by Crippen LogP contribution is 2.36. The van der Waals surface area contributed by atoms with Gasteiger partial charge in [-0.3, -0.25) is 0 Å². The predicted molar refractivity (Wildman–Crippen MR) is 147 cm³/mol. The third-order valence-corrected chi connectivity index (χ3v) is 6.87. The van der Waals surface area contributed by atoms with Crippen LogP contribution >= 0.6 is 0 Å². The Labute approximate surface area is 219 Å². The Morgan fingerprint density at radius 3 is 2.65 bits per heavy atom. The molecule has 1 N–H and O–H groups in total. The highest BCUT2D eigenvalue weighted by atomic mass is 16.7. The van der Waals surface area contributed by atoms with Gasteiger partial charge in [0.1, 0.15) is 17.7 Å². The van der Waals surface area contributed by atoms with E-state index in [0.717, 1.165) is 74.0 Å². The number of piperazine rings is 1. The number of fused-ring (bicyclic) bond motifs is 2. The smallest absolute Gasteiger partial charge is 0.318 e. The van der Waals surface area contributed by atoms with Crippen LogP contribution in [0.25, 0.3) is 10.8 Å². The third-order valence-electron chi connectivity index (χ3n) is 6.87. The molecule has 0 aliphatic carbocycles. The summed E-state index contributed by atoms with van der Waals surface area (Å²) in [6.07, 6.45) is 0.863. The van der Waals surface area contributed by atoms with Gasteiger partial charge < -0.3 is 34.2 Å². The second-order valence-electron chi connectivity index (χ2n) is 10.1. The quantitative estimate of drug-likeness (QED) is 0.441. The van der Waals surface area contributed by atoms with E-state index in [1.54, 1.807) is 7.11 Å². The highest BCUT2D eigenvalue weighted by molar-refractivity contribution is 5.95. The number of likely N-dealkylation sites (N-methyl/N-ethyl adjacent to an activating group) is 1. The first-order valence-corrected chi connectivity index (χ1v) is 13.1. The van der Waals surface area contributed by atoms with Gasteiger partial charge in [-0.05, 0) is 38.9 Å². The number of rotatable bonds is 9. The Bertz CT molecular complexity index is 1210. The summed E-state index contributed by atoms with van der Waals surface area (Å²) in [5, 5.41) is 5.79. The van der Waals surface area contributed by atoms with Crippen molar-refractivity contribution in [1.29, 1.82) is 0 Å². The maximum atomic E-state index is 6.24. The highest BCUT2D eigenvalue weighted by Gasteiger charge is 2.28. The first-order valence-electron chi connectivity index (χ1n) is 13.1. The number of methoxy groups -OCH3 is 1. The Kier molecular flexibility index (Phi) is 7.93. The molecule has 1 saturated heterocycles. The monoisotopic (exact) mass is 506 g/mol. The van der Waals surface area contributed by atoms with E-state index in [4.69, 9.17) is 24.2 Å². The van der Waals surface area contributed by atoms with E-state index in [0.29, 0.717) is 12.6 Å². The van der Waals surface area contributed by atoms with E-state index in [-0.39, 0.29) is 12.9 Å². The maximum Gasteiger partial charge on any atom is 0.318 e. The minimum absolute atomic E-state index is 0.0119. The normalized spacial score (nSPS) is 16.7. The zero-order chi connectivity index (χ0) is 25.8. The van der Waals surface area contributed by atoms with Crippen LogP contribution in [0.1, 0.15) is 18.2 Å². The lowest BCUT2D eigenvalue weighted by molar-refractivity contribution is 0.0512. The number of anilines is 2. The molecule has 3 aromatic rings. The van der Waals surface area contributed by atoms with Gasteiger partial charge in [0.2, 0.25) is 0 Å². The fourth-order valence-electron chi connectivity index (χ4n) is 5.25. The molecule has 1 fully saturated rings. The summed E-state index contributed by atoms with van der Waals surface area (Å²) in [5.74, 6) is 1.83. The summed E-state index contributed by atoms with van der Waals surface area (Å²) in [4.78, 5) is 16.8. The van der Waals surface area contributed by atoms with Crippen molar-refractivity contribution in [1.82, 2.24) is 20.2 Å². The van der Waals surface area contributed by atoms with Crippen LogP contribution in [0.2, 0.25) is 0 Å². The Hall–Kier alpha value is -3.14. The number of aromatic nitrogens is 2. The summed E-state index contributed by atoms with van der Waals surface area (Å²) in [7, 11) is 5.73. The number of benzene rings is 2. The van der Waals surface area contributed by atoms with Gasteiger partial charge >= 0.3 is 6.01 Å². The van der Waals surface area contributed by atoms with Crippen LogP contribution in [0.4, 0.5) is 11.5 Å². The lowest BCUT2D eigenvalue weighted by atomic mass is 10.0. The molecule has 0 spiro atoms. The van der Waals surface area contributed by atoms with Crippen LogP contribution in [0.5, 0.6) is 11.8 Å². The van der Waals surface area contributed by atoms with Crippen molar-refractivity contribution in [2.45, 2.75) is 26.0 Å². The molecule has 2 aromatic carbocycles. The van der Waals surface area contributed by atoms with E-state index < -0.39 is 0 Å². The second kappa shape index (κ2) is 11.5. The Morgan fingerprint density at radius 2 is 1.86 bits per heavy atom. The summed E-state index contributed by atoms with van der Waals surface area (Å²) in [6, 6.07) is 13.1. The number of hydrogen-bond acceptors (Lipinski definition) is 9. The van der Waals surface area contributed by atoms with Gasteiger partial charge in [0.25, 0.3) is 0 Å². The number of nitrogens with zero attached hydrogens (tertiary/aromatic N) is 5. The average molecular weight is 507 g/mol. The van der Waals surface area contributed by atoms with Crippen LogP contribution in [0.15, 0.2) is 36.4 Å². The maximum absolute atomic E-state index is 6.24. The summed E-state index contributed by atoms with van der Waals surface area (Å²) >= 11 is 0. The lowest BCUT2D eigenvalue weighted by Gasteiger charge is -2.35. The van der Waals surface area contributed by atoms with Crippen molar-refractivity contribution in [3.63, 3.8) is 0 Å². The fourth-order valence-corrected chi connectivity index (χ4v) is 5.25. The molecule has 9 heteroatoms. The molecule has 37 heavy (non-hydrogen) atoms. The molecule has 1 aromatic heterocycles. The first kappa shape index (κ1) is 25.5. The van der Waals surface area contributed by atoms with Crippen molar-refractivity contribution in [3.8, 4) is 11.8 Å². The van der Waals surface area contributed by atoms with Gasteiger partial charge in [0.15, 0.2) is 6.79 Å².